The summed E-state index contributed by atoms with van der Waals surface area (Å²) in [5, 5.41) is 11.0. The summed E-state index contributed by atoms with van der Waals surface area (Å²) < 4.78 is 4.96. The molecule has 0 unspecified atom stereocenters. The van der Waals surface area contributed by atoms with Crippen LogP contribution in [-0.4, -0.2) is 29.7 Å². The highest BCUT2D eigenvalue weighted by molar-refractivity contribution is 5.73. The largest absolute Gasteiger partial charge is 0.493 e. The maximum atomic E-state index is 10.2. The summed E-state index contributed by atoms with van der Waals surface area (Å²) in [6.07, 6.45) is 1.56. The quantitative estimate of drug-likeness (QED) is 0.712. The van der Waals surface area contributed by atoms with Gasteiger partial charge in [-0.3, -0.25) is 4.79 Å². The Balaban J connectivity index is 2.69. The second-order valence-corrected chi connectivity index (χ2v) is 2.30. The summed E-state index contributed by atoms with van der Waals surface area (Å²) in [6, 6.07) is 3.42. The number of carboxylic acid groups (broad SMARTS) is 1. The SMILES string of the molecule is COc1cccnc1NCC(=O)O. The molecule has 0 radical (unpaired) electrons. The first-order chi connectivity index (χ1) is 6.24. The van der Waals surface area contributed by atoms with Crippen LogP contribution in [0.1, 0.15) is 0 Å². The Morgan fingerprint density at radius 2 is 2.54 bits per heavy atom. The van der Waals surface area contributed by atoms with Crippen molar-refractivity contribution in [2.75, 3.05) is 19.0 Å². The molecule has 1 aromatic rings. The molecule has 0 fully saturated rings. The second-order valence-electron chi connectivity index (χ2n) is 2.30. The van der Waals surface area contributed by atoms with Crippen LogP contribution in [0.2, 0.25) is 0 Å². The Bertz CT molecular complexity index is 301. The Hall–Kier alpha value is -1.78. The van der Waals surface area contributed by atoms with E-state index in [1.165, 1.54) is 7.11 Å². The third kappa shape index (κ3) is 2.62. The van der Waals surface area contributed by atoms with Crippen LogP contribution in [0, 0.1) is 0 Å². The van der Waals surface area contributed by atoms with Gasteiger partial charge in [0.15, 0.2) is 11.6 Å². The monoisotopic (exact) mass is 182 g/mol. The molecule has 5 nitrogen and oxygen atoms in total. The van der Waals surface area contributed by atoms with Gasteiger partial charge in [0.05, 0.1) is 7.11 Å². The maximum absolute atomic E-state index is 10.2. The molecule has 0 aliphatic carbocycles. The normalized spacial score (nSPS) is 9.31. The molecule has 5 heteroatoms. The number of carbonyl (C=O) groups is 1. The molecule has 0 saturated heterocycles. The zero-order valence-electron chi connectivity index (χ0n) is 7.15. The molecule has 1 aromatic heterocycles. The van der Waals surface area contributed by atoms with Crippen molar-refractivity contribution in [3.8, 4) is 5.75 Å². The van der Waals surface area contributed by atoms with Gasteiger partial charge >= 0.3 is 5.97 Å². The van der Waals surface area contributed by atoms with E-state index in [1.807, 2.05) is 0 Å². The maximum Gasteiger partial charge on any atom is 0.322 e. The summed E-state index contributed by atoms with van der Waals surface area (Å²) in [6.45, 7) is -0.173. The first kappa shape index (κ1) is 9.31. The van der Waals surface area contributed by atoms with Crippen LogP contribution in [0.3, 0.4) is 0 Å². The van der Waals surface area contributed by atoms with E-state index in [-0.39, 0.29) is 6.54 Å². The van der Waals surface area contributed by atoms with Gasteiger partial charge in [0, 0.05) is 6.20 Å². The van der Waals surface area contributed by atoms with E-state index in [2.05, 4.69) is 10.3 Å². The molecule has 2 N–H and O–H groups in total. The first-order valence-electron chi connectivity index (χ1n) is 3.68. The minimum Gasteiger partial charge on any atom is -0.493 e. The average molecular weight is 182 g/mol. The number of hydrogen-bond acceptors (Lipinski definition) is 4. The van der Waals surface area contributed by atoms with Crippen molar-refractivity contribution in [3.05, 3.63) is 18.3 Å². The molecule has 0 aliphatic heterocycles. The number of nitrogens with one attached hydrogen (secondary N) is 1. The molecular formula is C8H10N2O3. The molecule has 0 bridgehead atoms. The highest BCUT2D eigenvalue weighted by Crippen LogP contribution is 2.19. The summed E-state index contributed by atoms with van der Waals surface area (Å²) in [5.41, 5.74) is 0. The Morgan fingerprint density at radius 1 is 1.77 bits per heavy atom. The van der Waals surface area contributed by atoms with Gasteiger partial charge in [-0.1, -0.05) is 0 Å². The van der Waals surface area contributed by atoms with Crippen molar-refractivity contribution < 1.29 is 14.6 Å². The van der Waals surface area contributed by atoms with E-state index in [1.54, 1.807) is 18.3 Å². The van der Waals surface area contributed by atoms with E-state index in [4.69, 9.17) is 9.84 Å². The van der Waals surface area contributed by atoms with Crippen LogP contribution in [0.4, 0.5) is 5.82 Å². The van der Waals surface area contributed by atoms with Gasteiger partial charge in [-0.2, -0.15) is 0 Å². The van der Waals surface area contributed by atoms with Crippen molar-refractivity contribution in [2.24, 2.45) is 0 Å². The first-order valence-corrected chi connectivity index (χ1v) is 3.68. The van der Waals surface area contributed by atoms with Crippen molar-refractivity contribution in [1.82, 2.24) is 4.98 Å². The number of carboxylic acids is 1. The Kier molecular flexibility index (Phi) is 3.08. The van der Waals surface area contributed by atoms with Gasteiger partial charge in [0.2, 0.25) is 0 Å². The molecule has 13 heavy (non-hydrogen) atoms. The third-order valence-corrected chi connectivity index (χ3v) is 1.40. The van der Waals surface area contributed by atoms with E-state index in [9.17, 15) is 4.79 Å². The van der Waals surface area contributed by atoms with E-state index >= 15 is 0 Å². The number of hydrogen-bond donors (Lipinski definition) is 2. The number of ether oxygens (including phenoxy) is 1. The molecule has 0 aliphatic rings. The van der Waals surface area contributed by atoms with E-state index in [0.717, 1.165) is 0 Å². The number of rotatable bonds is 4. The fourth-order valence-electron chi connectivity index (χ4n) is 0.847. The highest BCUT2D eigenvalue weighted by atomic mass is 16.5. The molecular weight excluding hydrogens is 172 g/mol. The number of pyridine rings is 1. The van der Waals surface area contributed by atoms with Gasteiger partial charge < -0.3 is 15.2 Å². The topological polar surface area (TPSA) is 71.5 Å². The molecule has 1 rings (SSSR count). The molecule has 0 saturated carbocycles. The smallest absolute Gasteiger partial charge is 0.322 e. The summed E-state index contributed by atoms with van der Waals surface area (Å²) >= 11 is 0. The number of anilines is 1. The van der Waals surface area contributed by atoms with Gasteiger partial charge in [0.1, 0.15) is 6.54 Å². The van der Waals surface area contributed by atoms with E-state index < -0.39 is 5.97 Å². The zero-order valence-corrected chi connectivity index (χ0v) is 7.15. The number of methoxy groups -OCH3 is 1. The van der Waals surface area contributed by atoms with Crippen LogP contribution in [0.15, 0.2) is 18.3 Å². The lowest BCUT2D eigenvalue weighted by atomic mass is 10.4. The minimum atomic E-state index is -0.937. The van der Waals surface area contributed by atoms with Gasteiger partial charge in [-0.05, 0) is 12.1 Å². The van der Waals surface area contributed by atoms with Crippen molar-refractivity contribution in [3.63, 3.8) is 0 Å². The van der Waals surface area contributed by atoms with E-state index in [0.29, 0.717) is 11.6 Å². The van der Waals surface area contributed by atoms with Crippen LogP contribution in [0.25, 0.3) is 0 Å². The summed E-state index contributed by atoms with van der Waals surface area (Å²) in [5.74, 6) is 0.0313. The van der Waals surface area contributed by atoms with Gasteiger partial charge in [0.25, 0.3) is 0 Å². The van der Waals surface area contributed by atoms with Crippen LogP contribution < -0.4 is 10.1 Å². The van der Waals surface area contributed by atoms with Gasteiger partial charge in [-0.25, -0.2) is 4.98 Å². The lowest BCUT2D eigenvalue weighted by molar-refractivity contribution is -0.134. The highest BCUT2D eigenvalue weighted by Gasteiger charge is 2.03. The van der Waals surface area contributed by atoms with Gasteiger partial charge in [-0.15, -0.1) is 0 Å². The van der Waals surface area contributed by atoms with Crippen LogP contribution in [-0.2, 0) is 4.79 Å². The molecule has 0 aromatic carbocycles. The number of aromatic nitrogens is 1. The lowest BCUT2D eigenvalue weighted by Gasteiger charge is -2.06. The Labute approximate surface area is 75.4 Å². The molecule has 0 atom stereocenters. The molecule has 1 heterocycles. The minimum absolute atomic E-state index is 0.173. The standard InChI is InChI=1S/C8H10N2O3/c1-13-6-3-2-4-9-8(6)10-5-7(11)12/h2-4H,5H2,1H3,(H,9,10)(H,11,12). The summed E-state index contributed by atoms with van der Waals surface area (Å²) in [7, 11) is 1.50. The van der Waals surface area contributed by atoms with Crippen molar-refractivity contribution in [2.45, 2.75) is 0 Å². The molecule has 0 amide bonds. The van der Waals surface area contributed by atoms with Crippen molar-refractivity contribution >= 4 is 11.8 Å². The molecule has 70 valence electrons. The number of aliphatic carboxylic acids is 1. The second kappa shape index (κ2) is 4.30. The zero-order chi connectivity index (χ0) is 9.68. The predicted molar refractivity (Wildman–Crippen MR) is 46.9 cm³/mol. The predicted octanol–water partition coefficient (Wildman–Crippen LogP) is 0.587. The Morgan fingerprint density at radius 3 is 3.15 bits per heavy atom. The fourth-order valence-corrected chi connectivity index (χ4v) is 0.847. The third-order valence-electron chi connectivity index (χ3n) is 1.40. The lowest BCUT2D eigenvalue weighted by Crippen LogP contribution is -2.13. The molecule has 0 spiro atoms. The fraction of sp³-hybridized carbons (Fsp3) is 0.250. The van der Waals surface area contributed by atoms with Crippen molar-refractivity contribution in [1.29, 1.82) is 0 Å². The van der Waals surface area contributed by atoms with Crippen LogP contribution in [0.5, 0.6) is 5.75 Å². The average Bonchev–Trinajstić information content (AvgIpc) is 2.15. The van der Waals surface area contributed by atoms with Crippen LogP contribution >= 0.6 is 0 Å². The summed E-state index contributed by atoms with van der Waals surface area (Å²) in [4.78, 5) is 14.2. The number of nitrogens with zero attached hydrogens (tertiary/aromatic N) is 1.